The monoisotopic (exact) mass is 417 g/mol. The molecule has 0 aromatic heterocycles. The molecule has 2 saturated heterocycles. The number of carboxylic acid groups (broad SMARTS) is 1. The number of hydrogen-bond donors (Lipinski definition) is 2. The van der Waals surface area contributed by atoms with E-state index in [9.17, 15) is 19.8 Å². The summed E-state index contributed by atoms with van der Waals surface area (Å²) >= 11 is 0. The molecule has 3 rings (SSSR count). The average Bonchev–Trinajstić information content (AvgIpc) is 2.72. The SMILES string of the molecule is CCC(=O)OC1C2CN(CC(O)COc3ccc(C#N)cc3)CC1CN(C(=O)O)C2. The van der Waals surface area contributed by atoms with Gasteiger partial charge in [0.15, 0.2) is 0 Å². The summed E-state index contributed by atoms with van der Waals surface area (Å²) in [4.78, 5) is 26.7. The smallest absolute Gasteiger partial charge is 0.407 e. The summed E-state index contributed by atoms with van der Waals surface area (Å²) in [5.41, 5.74) is 0.538. The number of nitrogens with zero attached hydrogens (tertiary/aromatic N) is 3. The Morgan fingerprint density at radius 1 is 1.20 bits per heavy atom. The van der Waals surface area contributed by atoms with Crippen LogP contribution in [0, 0.1) is 23.2 Å². The van der Waals surface area contributed by atoms with Crippen LogP contribution in [-0.4, -0.2) is 83.6 Å². The summed E-state index contributed by atoms with van der Waals surface area (Å²) in [6, 6.07) is 8.71. The number of ether oxygens (including phenoxy) is 2. The van der Waals surface area contributed by atoms with Crippen molar-refractivity contribution in [3.8, 4) is 11.8 Å². The molecule has 162 valence electrons. The second-order valence-electron chi connectivity index (χ2n) is 7.84. The highest BCUT2D eigenvalue weighted by Crippen LogP contribution is 2.32. The summed E-state index contributed by atoms with van der Waals surface area (Å²) in [6.45, 7) is 3.91. The van der Waals surface area contributed by atoms with Crippen molar-refractivity contribution < 1.29 is 29.3 Å². The van der Waals surface area contributed by atoms with Crippen molar-refractivity contribution in [2.24, 2.45) is 11.8 Å². The normalized spacial score (nSPS) is 24.6. The molecule has 2 aliphatic heterocycles. The molecule has 2 N–H and O–H groups in total. The van der Waals surface area contributed by atoms with Gasteiger partial charge in [-0.3, -0.25) is 9.69 Å². The highest BCUT2D eigenvalue weighted by Gasteiger charge is 2.45. The molecule has 1 aromatic carbocycles. The van der Waals surface area contributed by atoms with Crippen LogP contribution in [-0.2, 0) is 9.53 Å². The summed E-state index contributed by atoms with van der Waals surface area (Å²) in [7, 11) is 0. The van der Waals surface area contributed by atoms with E-state index in [0.717, 1.165) is 0 Å². The molecule has 1 amide bonds. The Labute approximate surface area is 175 Å². The van der Waals surface area contributed by atoms with Crippen LogP contribution in [0.4, 0.5) is 4.79 Å². The Balaban J connectivity index is 1.55. The maximum Gasteiger partial charge on any atom is 0.407 e. The first-order valence-corrected chi connectivity index (χ1v) is 10.1. The molecule has 0 spiro atoms. The van der Waals surface area contributed by atoms with Crippen LogP contribution >= 0.6 is 0 Å². The number of rotatable bonds is 7. The maximum absolute atomic E-state index is 11.8. The van der Waals surface area contributed by atoms with Gasteiger partial charge in [-0.1, -0.05) is 6.92 Å². The first kappa shape index (κ1) is 21.9. The predicted molar refractivity (Wildman–Crippen MR) is 106 cm³/mol. The minimum Gasteiger partial charge on any atom is -0.491 e. The molecule has 2 bridgehead atoms. The molecular formula is C21H27N3O6. The number of β-amino-alcohol motifs (C(OH)–C–C–N with tert-alkyl or cyclic N) is 1. The van der Waals surface area contributed by atoms with Crippen LogP contribution < -0.4 is 4.74 Å². The van der Waals surface area contributed by atoms with E-state index in [1.807, 2.05) is 6.07 Å². The largest absolute Gasteiger partial charge is 0.491 e. The van der Waals surface area contributed by atoms with Crippen molar-refractivity contribution in [3.05, 3.63) is 29.8 Å². The summed E-state index contributed by atoms with van der Waals surface area (Å²) in [5, 5.41) is 28.6. The third kappa shape index (κ3) is 5.40. The predicted octanol–water partition coefficient (Wildman–Crippen LogP) is 1.16. The summed E-state index contributed by atoms with van der Waals surface area (Å²) < 4.78 is 11.2. The van der Waals surface area contributed by atoms with Gasteiger partial charge in [-0.25, -0.2) is 4.79 Å². The number of piperidine rings is 2. The Bertz CT molecular complexity index is 777. The lowest BCUT2D eigenvalue weighted by atomic mass is 9.81. The van der Waals surface area contributed by atoms with Gasteiger partial charge >= 0.3 is 12.1 Å². The molecule has 9 nitrogen and oxygen atoms in total. The van der Waals surface area contributed by atoms with E-state index in [4.69, 9.17) is 14.7 Å². The highest BCUT2D eigenvalue weighted by atomic mass is 16.5. The fourth-order valence-corrected chi connectivity index (χ4v) is 4.20. The second kappa shape index (κ2) is 9.78. The van der Waals surface area contributed by atoms with Gasteiger partial charge < -0.3 is 24.6 Å². The Hall–Kier alpha value is -2.83. The molecule has 3 unspecified atom stereocenters. The molecule has 2 aliphatic rings. The number of carbonyl (C=O) groups excluding carboxylic acids is 1. The lowest BCUT2D eigenvalue weighted by Crippen LogP contribution is -2.62. The minimum atomic E-state index is -0.963. The van der Waals surface area contributed by atoms with E-state index < -0.39 is 12.2 Å². The lowest BCUT2D eigenvalue weighted by Gasteiger charge is -2.49. The van der Waals surface area contributed by atoms with Gasteiger partial charge in [0.05, 0.1) is 11.6 Å². The van der Waals surface area contributed by atoms with Crippen molar-refractivity contribution in [3.63, 3.8) is 0 Å². The fraction of sp³-hybridized carbons (Fsp3) is 0.571. The van der Waals surface area contributed by atoms with Crippen molar-refractivity contribution in [2.75, 3.05) is 39.3 Å². The van der Waals surface area contributed by atoms with Crippen molar-refractivity contribution in [2.45, 2.75) is 25.6 Å². The van der Waals surface area contributed by atoms with Crippen LogP contribution in [0.3, 0.4) is 0 Å². The van der Waals surface area contributed by atoms with E-state index in [1.54, 1.807) is 31.2 Å². The van der Waals surface area contributed by atoms with E-state index in [2.05, 4.69) is 4.90 Å². The third-order valence-electron chi connectivity index (χ3n) is 5.55. The molecule has 0 aliphatic carbocycles. The molecule has 0 radical (unpaired) electrons. The quantitative estimate of drug-likeness (QED) is 0.634. The Morgan fingerprint density at radius 3 is 2.37 bits per heavy atom. The van der Waals surface area contributed by atoms with Crippen molar-refractivity contribution in [1.82, 2.24) is 9.80 Å². The standard InChI is InChI=1S/C21H27N3O6/c1-2-19(26)30-20-15-8-23(9-16(20)11-24(10-15)21(27)28)12-17(25)13-29-18-5-3-14(7-22)4-6-18/h3-6,15-17,20,25H,2,8-13H2,1H3,(H,27,28). The highest BCUT2D eigenvalue weighted by molar-refractivity contribution is 5.69. The number of carbonyl (C=O) groups is 2. The summed E-state index contributed by atoms with van der Waals surface area (Å²) in [5.74, 6) is 0.0433. The topological polar surface area (TPSA) is 123 Å². The first-order valence-electron chi connectivity index (χ1n) is 10.1. The lowest BCUT2D eigenvalue weighted by molar-refractivity contribution is -0.166. The van der Waals surface area contributed by atoms with Crippen LogP contribution in [0.1, 0.15) is 18.9 Å². The molecule has 2 fully saturated rings. The molecule has 2 heterocycles. The number of likely N-dealkylation sites (tertiary alicyclic amines) is 2. The van der Waals surface area contributed by atoms with E-state index in [-0.39, 0.29) is 36.9 Å². The van der Waals surface area contributed by atoms with Crippen LogP contribution in [0.2, 0.25) is 0 Å². The van der Waals surface area contributed by atoms with Crippen molar-refractivity contribution in [1.29, 1.82) is 5.26 Å². The minimum absolute atomic E-state index is 0.104. The van der Waals surface area contributed by atoms with Gasteiger partial charge in [-0.2, -0.15) is 5.26 Å². The number of aliphatic hydroxyl groups is 1. The molecule has 3 atom stereocenters. The summed E-state index contributed by atoms with van der Waals surface area (Å²) in [6.07, 6.45) is -1.70. The maximum atomic E-state index is 11.8. The van der Waals surface area contributed by atoms with E-state index >= 15 is 0 Å². The van der Waals surface area contributed by atoms with E-state index in [1.165, 1.54) is 4.90 Å². The molecule has 9 heteroatoms. The number of fused-ring (bicyclic) bond motifs is 2. The van der Waals surface area contributed by atoms with Crippen LogP contribution in [0.25, 0.3) is 0 Å². The Morgan fingerprint density at radius 2 is 1.83 bits per heavy atom. The van der Waals surface area contributed by atoms with Crippen LogP contribution in [0.5, 0.6) is 5.75 Å². The molecule has 30 heavy (non-hydrogen) atoms. The van der Waals surface area contributed by atoms with Gasteiger partial charge in [-0.15, -0.1) is 0 Å². The van der Waals surface area contributed by atoms with E-state index in [0.29, 0.717) is 44.0 Å². The van der Waals surface area contributed by atoms with Crippen LogP contribution in [0.15, 0.2) is 24.3 Å². The van der Waals surface area contributed by atoms with Gasteiger partial charge in [0.25, 0.3) is 0 Å². The average molecular weight is 417 g/mol. The second-order valence-corrected chi connectivity index (χ2v) is 7.84. The van der Waals surface area contributed by atoms with Gasteiger partial charge in [0.2, 0.25) is 0 Å². The fourth-order valence-electron chi connectivity index (χ4n) is 4.20. The molecule has 1 aromatic rings. The number of esters is 1. The Kier molecular flexibility index (Phi) is 7.13. The first-order chi connectivity index (χ1) is 14.4. The molecular weight excluding hydrogens is 390 g/mol. The number of aliphatic hydroxyl groups excluding tert-OH is 1. The number of hydrogen-bond acceptors (Lipinski definition) is 7. The zero-order valence-corrected chi connectivity index (χ0v) is 16.9. The zero-order chi connectivity index (χ0) is 21.7. The molecule has 0 saturated carbocycles. The van der Waals surface area contributed by atoms with Gasteiger partial charge in [-0.05, 0) is 24.3 Å². The number of nitriles is 1. The third-order valence-corrected chi connectivity index (χ3v) is 5.55. The van der Waals surface area contributed by atoms with Crippen molar-refractivity contribution >= 4 is 12.1 Å². The zero-order valence-electron chi connectivity index (χ0n) is 16.9. The van der Waals surface area contributed by atoms with Gasteiger partial charge in [0.1, 0.15) is 24.6 Å². The number of amides is 1. The number of benzene rings is 1. The van der Waals surface area contributed by atoms with Gasteiger partial charge in [0, 0.05) is 51.0 Å².